The van der Waals surface area contributed by atoms with E-state index in [0.717, 1.165) is 0 Å². The standard InChI is InChI=1S/C15H28O11S2/c1-10(2)24-14(18)26-11(3)25-13(17)12(16)15(4,5)9-23-28(21,22)8-6-7-27(19)20/h10-12,16H,6-9H2,1-5H3,(H,19,20)/p-1/t11?,12-/m0/s1. The van der Waals surface area contributed by atoms with Crippen molar-refractivity contribution in [2.24, 2.45) is 5.41 Å². The molecule has 0 aliphatic heterocycles. The highest BCUT2D eigenvalue weighted by Gasteiger charge is 2.37. The minimum Gasteiger partial charge on any atom is -0.772 e. The van der Waals surface area contributed by atoms with Crippen LogP contribution in [0, 0.1) is 5.41 Å². The van der Waals surface area contributed by atoms with Gasteiger partial charge < -0.3 is 23.9 Å². The van der Waals surface area contributed by atoms with Gasteiger partial charge in [0.05, 0.1) is 18.5 Å². The van der Waals surface area contributed by atoms with Gasteiger partial charge >= 0.3 is 12.1 Å². The Bertz CT molecular complexity index is 642. The molecule has 1 N–H and O–H groups in total. The first kappa shape index (κ1) is 26.7. The van der Waals surface area contributed by atoms with Crippen molar-refractivity contribution in [1.29, 1.82) is 0 Å². The van der Waals surface area contributed by atoms with E-state index in [-0.39, 0.29) is 12.2 Å². The van der Waals surface area contributed by atoms with Gasteiger partial charge in [0.2, 0.25) is 6.29 Å². The van der Waals surface area contributed by atoms with Crippen LogP contribution in [0.3, 0.4) is 0 Å². The molecule has 0 heterocycles. The highest BCUT2D eigenvalue weighted by molar-refractivity contribution is 7.86. The van der Waals surface area contributed by atoms with Crippen LogP contribution in [0.4, 0.5) is 4.79 Å². The van der Waals surface area contributed by atoms with Crippen LogP contribution in [-0.4, -0.2) is 71.0 Å². The lowest BCUT2D eigenvalue weighted by Gasteiger charge is -2.29. The Hall–Kier alpha value is -1.28. The summed E-state index contributed by atoms with van der Waals surface area (Å²) < 4.78 is 63.3. The molecule has 0 radical (unpaired) electrons. The first-order chi connectivity index (χ1) is 12.7. The van der Waals surface area contributed by atoms with Crippen molar-refractivity contribution in [2.75, 3.05) is 18.1 Å². The maximum atomic E-state index is 12.0. The summed E-state index contributed by atoms with van der Waals surface area (Å²) in [5, 5.41) is 10.1. The van der Waals surface area contributed by atoms with E-state index < -0.39 is 69.6 Å². The predicted molar refractivity (Wildman–Crippen MR) is 96.2 cm³/mol. The van der Waals surface area contributed by atoms with Crippen LogP contribution in [0.1, 0.15) is 41.0 Å². The predicted octanol–water partition coefficient (Wildman–Crippen LogP) is 0.440. The third-order valence-corrected chi connectivity index (χ3v) is 5.04. The zero-order valence-corrected chi connectivity index (χ0v) is 18.0. The molecule has 3 atom stereocenters. The minimum atomic E-state index is -4.04. The summed E-state index contributed by atoms with van der Waals surface area (Å²) in [7, 11) is -4.04. The molecule has 166 valence electrons. The van der Waals surface area contributed by atoms with Crippen LogP contribution in [0.5, 0.6) is 0 Å². The third-order valence-electron chi connectivity index (χ3n) is 3.16. The third kappa shape index (κ3) is 11.5. The maximum absolute atomic E-state index is 12.0. The van der Waals surface area contributed by atoms with Gasteiger partial charge in [-0.3, -0.25) is 8.39 Å². The highest BCUT2D eigenvalue weighted by Crippen LogP contribution is 2.24. The molecule has 11 nitrogen and oxygen atoms in total. The van der Waals surface area contributed by atoms with E-state index >= 15 is 0 Å². The Morgan fingerprint density at radius 3 is 2.21 bits per heavy atom. The van der Waals surface area contributed by atoms with Crippen LogP contribution >= 0.6 is 0 Å². The highest BCUT2D eigenvalue weighted by atomic mass is 32.2. The van der Waals surface area contributed by atoms with Crippen molar-refractivity contribution in [2.45, 2.75) is 59.5 Å². The number of aliphatic hydroxyl groups is 1. The Balaban J connectivity index is 4.62. The van der Waals surface area contributed by atoms with E-state index in [1.165, 1.54) is 20.8 Å². The smallest absolute Gasteiger partial charge is 0.511 e. The number of carbonyl (C=O) groups is 2. The van der Waals surface area contributed by atoms with E-state index in [4.69, 9.17) is 13.7 Å². The Morgan fingerprint density at radius 2 is 1.71 bits per heavy atom. The molecule has 0 aromatic heterocycles. The molecule has 0 aliphatic carbocycles. The van der Waals surface area contributed by atoms with Crippen molar-refractivity contribution in [3.8, 4) is 0 Å². The lowest BCUT2D eigenvalue weighted by molar-refractivity contribution is -0.184. The van der Waals surface area contributed by atoms with Gasteiger partial charge in [-0.15, -0.1) is 0 Å². The molecule has 0 saturated carbocycles. The van der Waals surface area contributed by atoms with Crippen molar-refractivity contribution in [3.63, 3.8) is 0 Å². The topological polar surface area (TPSA) is 166 Å². The molecule has 0 amide bonds. The summed E-state index contributed by atoms with van der Waals surface area (Å²) in [6.07, 6.45) is -4.78. The Morgan fingerprint density at radius 1 is 1.14 bits per heavy atom. The Labute approximate surface area is 167 Å². The molecule has 0 aromatic rings. The van der Waals surface area contributed by atoms with E-state index in [2.05, 4.69) is 4.74 Å². The van der Waals surface area contributed by atoms with Crippen molar-refractivity contribution < 1.29 is 50.3 Å². The lowest BCUT2D eigenvalue weighted by Crippen LogP contribution is -2.43. The number of aliphatic hydroxyl groups excluding tert-OH is 1. The summed E-state index contributed by atoms with van der Waals surface area (Å²) in [6, 6.07) is 0. The van der Waals surface area contributed by atoms with Crippen LogP contribution in [0.2, 0.25) is 0 Å². The van der Waals surface area contributed by atoms with Crippen molar-refractivity contribution in [3.05, 3.63) is 0 Å². The summed E-state index contributed by atoms with van der Waals surface area (Å²) in [4.78, 5) is 23.3. The van der Waals surface area contributed by atoms with Gasteiger partial charge in [0.15, 0.2) is 6.10 Å². The Kier molecular flexibility index (Phi) is 11.1. The first-order valence-electron chi connectivity index (χ1n) is 8.35. The summed E-state index contributed by atoms with van der Waals surface area (Å²) in [5.41, 5.74) is -1.37. The average molecular weight is 448 g/mol. The van der Waals surface area contributed by atoms with Gasteiger partial charge in [-0.25, -0.2) is 9.59 Å². The molecule has 0 fully saturated rings. The van der Waals surface area contributed by atoms with E-state index in [0.29, 0.717) is 0 Å². The summed E-state index contributed by atoms with van der Waals surface area (Å²) >= 11 is -2.36. The second kappa shape index (κ2) is 11.7. The average Bonchev–Trinajstić information content (AvgIpc) is 2.50. The number of esters is 1. The summed E-state index contributed by atoms with van der Waals surface area (Å²) in [6.45, 7) is 6.59. The fourth-order valence-electron chi connectivity index (χ4n) is 1.66. The number of hydrogen-bond acceptors (Lipinski definition) is 11. The van der Waals surface area contributed by atoms with Crippen LogP contribution < -0.4 is 0 Å². The molecule has 0 aromatic carbocycles. The monoisotopic (exact) mass is 447 g/mol. The van der Waals surface area contributed by atoms with Gasteiger partial charge in [0.25, 0.3) is 10.1 Å². The molecule has 0 spiro atoms. The van der Waals surface area contributed by atoms with Crippen molar-refractivity contribution >= 4 is 33.3 Å². The van der Waals surface area contributed by atoms with Gasteiger partial charge in [0, 0.05) is 18.1 Å². The SMILES string of the molecule is CC(C)OC(=O)OC(C)OC(=O)[C@H](O)C(C)(C)COS(=O)(=O)CCCS(=O)[O-]. The van der Waals surface area contributed by atoms with Crippen LogP contribution in [-0.2, 0) is 44.4 Å². The molecular weight excluding hydrogens is 420 g/mol. The second-order valence-electron chi connectivity index (χ2n) is 6.82. The van der Waals surface area contributed by atoms with Gasteiger partial charge in [0.1, 0.15) is 0 Å². The zero-order valence-electron chi connectivity index (χ0n) is 16.4. The lowest BCUT2D eigenvalue weighted by atomic mass is 9.88. The molecule has 0 rings (SSSR count). The first-order valence-corrected chi connectivity index (χ1v) is 11.2. The van der Waals surface area contributed by atoms with Gasteiger partial charge in [-0.05, 0) is 20.3 Å². The fourth-order valence-corrected chi connectivity index (χ4v) is 3.32. The molecule has 2 unspecified atom stereocenters. The quantitative estimate of drug-likeness (QED) is 0.191. The van der Waals surface area contributed by atoms with E-state index in [1.54, 1.807) is 13.8 Å². The zero-order chi connectivity index (χ0) is 22.1. The molecule has 28 heavy (non-hydrogen) atoms. The number of ether oxygens (including phenoxy) is 3. The molecule has 0 saturated heterocycles. The molecule has 13 heteroatoms. The fraction of sp³-hybridized carbons (Fsp3) is 0.867. The molecule has 0 aliphatic rings. The molecular formula is C15H27O11S2-. The largest absolute Gasteiger partial charge is 0.772 e. The second-order valence-corrected chi connectivity index (χ2v) is 9.59. The van der Waals surface area contributed by atoms with E-state index in [1.807, 2.05) is 0 Å². The number of rotatable bonds is 12. The maximum Gasteiger partial charge on any atom is 0.511 e. The minimum absolute atomic E-state index is 0.148. The van der Waals surface area contributed by atoms with Gasteiger partial charge in [-0.2, -0.15) is 8.42 Å². The van der Waals surface area contributed by atoms with Crippen LogP contribution in [0.15, 0.2) is 0 Å². The van der Waals surface area contributed by atoms with Crippen molar-refractivity contribution in [1.82, 2.24) is 0 Å². The van der Waals surface area contributed by atoms with E-state index in [9.17, 15) is 31.9 Å². The molecule has 0 bridgehead atoms. The van der Waals surface area contributed by atoms with Gasteiger partial charge in [-0.1, -0.05) is 24.9 Å². The number of carbonyl (C=O) groups excluding carboxylic acids is 2. The number of hydrogen-bond donors (Lipinski definition) is 1. The summed E-state index contributed by atoms with van der Waals surface area (Å²) in [5.74, 6) is -2.02. The normalized spacial score (nSPS) is 15.6. The van der Waals surface area contributed by atoms with Crippen LogP contribution in [0.25, 0.3) is 0 Å².